The molecule has 1 unspecified atom stereocenters. The highest BCUT2D eigenvalue weighted by Gasteiger charge is 2.45. The van der Waals surface area contributed by atoms with Gasteiger partial charge in [-0.15, -0.1) is 4.86 Å². The van der Waals surface area contributed by atoms with Crippen LogP contribution in [0.4, 0.5) is 0 Å². The van der Waals surface area contributed by atoms with Crippen LogP contribution in [0.1, 0.15) is 6.23 Å². The van der Waals surface area contributed by atoms with Crippen LogP contribution in [0.5, 0.6) is 0 Å². The number of hydrogen-bond acceptors (Lipinski definition) is 9. The van der Waals surface area contributed by atoms with E-state index in [9.17, 15) is 24.2 Å². The van der Waals surface area contributed by atoms with Crippen molar-refractivity contribution in [3.8, 4) is 0 Å². The summed E-state index contributed by atoms with van der Waals surface area (Å²) in [5.41, 5.74) is 1.26. The average Bonchev–Trinajstić information content (AvgIpc) is 3.29. The van der Waals surface area contributed by atoms with E-state index in [1.165, 1.54) is 17.2 Å². The summed E-state index contributed by atoms with van der Waals surface area (Å²) in [5.74, 6) is 0. The number of fused-ring (bicyclic) bond motifs is 3. The molecule has 0 bridgehead atoms. The highest BCUT2D eigenvalue weighted by atomic mass is 31.3. The molecule has 0 spiro atoms. The van der Waals surface area contributed by atoms with Crippen molar-refractivity contribution in [2.45, 2.75) is 24.5 Å². The zero-order chi connectivity index (χ0) is 21.0. The van der Waals surface area contributed by atoms with Crippen LogP contribution in [0.3, 0.4) is 0 Å². The van der Waals surface area contributed by atoms with Gasteiger partial charge in [-0.2, -0.15) is 0 Å². The minimum absolute atomic E-state index is 0.317. The van der Waals surface area contributed by atoms with Gasteiger partial charge in [-0.3, -0.25) is 13.5 Å². The Hall–Kier alpha value is -1.77. The third kappa shape index (κ3) is 3.98. The van der Waals surface area contributed by atoms with Crippen molar-refractivity contribution >= 4 is 32.3 Å². The van der Waals surface area contributed by atoms with Crippen LogP contribution < -0.4 is 4.86 Å². The first-order valence-electron chi connectivity index (χ1n) is 8.04. The molecule has 1 aliphatic rings. The lowest BCUT2D eigenvalue weighted by Gasteiger charge is -2.18. The summed E-state index contributed by atoms with van der Waals surface area (Å²) < 4.78 is 35.6. The Balaban J connectivity index is 1.54. The minimum atomic E-state index is -5.04. The number of nitrogens with zero attached hydrogens (tertiary/aromatic N) is 5. The standard InChI is InChI=1S/C12H16N6O9P2/c19-8-6(3-26-29(24,25)16-28(21,22)23)27-12(9(8)20)18-5-14-7-10-13-1-2-17(10)4-15-11(7)18/h1-2,4-6,8-9,12,19-20H,3H2,(H4,16,21,22,23,24,25)/t6-,8-,9-,12-/m1/s1. The van der Waals surface area contributed by atoms with Crippen molar-refractivity contribution in [2.75, 3.05) is 6.61 Å². The Morgan fingerprint density at radius 3 is 2.59 bits per heavy atom. The van der Waals surface area contributed by atoms with Crippen molar-refractivity contribution in [3.05, 3.63) is 25.0 Å². The minimum Gasteiger partial charge on any atom is -0.387 e. The van der Waals surface area contributed by atoms with Crippen LogP contribution in [0.2, 0.25) is 0 Å². The number of aromatic nitrogens is 5. The largest absolute Gasteiger partial charge is 0.412 e. The maximum atomic E-state index is 11.7. The molecule has 3 aromatic rings. The van der Waals surface area contributed by atoms with Crippen LogP contribution >= 0.6 is 15.5 Å². The van der Waals surface area contributed by atoms with Crippen LogP contribution in [-0.2, 0) is 18.4 Å². The molecule has 0 radical (unpaired) electrons. The van der Waals surface area contributed by atoms with Gasteiger partial charge in [-0.25, -0.2) is 24.1 Å². The van der Waals surface area contributed by atoms with Gasteiger partial charge in [0.15, 0.2) is 23.0 Å². The summed E-state index contributed by atoms with van der Waals surface area (Å²) in [6.45, 7) is -0.736. The molecule has 3 aromatic heterocycles. The second-order valence-electron chi connectivity index (χ2n) is 6.23. The first-order chi connectivity index (χ1) is 13.6. The van der Waals surface area contributed by atoms with Crippen molar-refractivity contribution in [1.29, 1.82) is 0 Å². The summed E-state index contributed by atoms with van der Waals surface area (Å²) in [4.78, 5) is 40.6. The second kappa shape index (κ2) is 7.18. The van der Waals surface area contributed by atoms with E-state index in [1.54, 1.807) is 16.8 Å². The van der Waals surface area contributed by atoms with Crippen LogP contribution in [0.15, 0.2) is 25.0 Å². The number of rotatable bonds is 6. The van der Waals surface area contributed by atoms with Crippen molar-refractivity contribution in [3.63, 3.8) is 0 Å². The third-order valence-corrected chi connectivity index (χ3v) is 6.79. The van der Waals surface area contributed by atoms with Gasteiger partial charge in [0.2, 0.25) is 0 Å². The first kappa shape index (κ1) is 20.5. The maximum Gasteiger partial charge on any atom is 0.412 e. The lowest BCUT2D eigenvalue weighted by atomic mass is 10.1. The van der Waals surface area contributed by atoms with Gasteiger partial charge in [0.05, 0.1) is 12.9 Å². The molecule has 15 nitrogen and oxygen atoms in total. The normalized spacial score (nSPS) is 27.6. The first-order valence-corrected chi connectivity index (χ1v) is 11.2. The van der Waals surface area contributed by atoms with Gasteiger partial charge in [-0.1, -0.05) is 0 Å². The van der Waals surface area contributed by atoms with Crippen molar-refractivity contribution < 1.29 is 43.3 Å². The van der Waals surface area contributed by atoms with E-state index in [4.69, 9.17) is 14.5 Å². The molecule has 0 aliphatic carbocycles. The van der Waals surface area contributed by atoms with Crippen LogP contribution in [-0.4, -0.2) is 73.7 Å². The van der Waals surface area contributed by atoms with E-state index in [1.807, 2.05) is 0 Å². The summed E-state index contributed by atoms with van der Waals surface area (Å²) in [5, 5.41) is 20.5. The van der Waals surface area contributed by atoms with Crippen molar-refractivity contribution in [1.82, 2.24) is 28.8 Å². The summed E-state index contributed by atoms with van der Waals surface area (Å²) in [7, 11) is -9.92. The van der Waals surface area contributed by atoms with E-state index in [0.717, 1.165) is 4.86 Å². The molecule has 1 fully saturated rings. The van der Waals surface area contributed by atoms with E-state index in [2.05, 4.69) is 19.5 Å². The van der Waals surface area contributed by atoms with Gasteiger partial charge in [0.1, 0.15) is 24.6 Å². The quantitative estimate of drug-likeness (QED) is 0.236. The van der Waals surface area contributed by atoms with E-state index < -0.39 is 46.6 Å². The number of hydrogen-bond donors (Lipinski definition) is 6. The Labute approximate surface area is 161 Å². The Kier molecular flexibility index (Phi) is 5.07. The van der Waals surface area contributed by atoms with Gasteiger partial charge in [-0.05, 0) is 0 Å². The smallest absolute Gasteiger partial charge is 0.387 e. The van der Waals surface area contributed by atoms with Gasteiger partial charge in [0.25, 0.3) is 0 Å². The summed E-state index contributed by atoms with van der Waals surface area (Å²) in [6.07, 6.45) is 0.640. The third-order valence-electron chi connectivity index (χ3n) is 4.23. The molecule has 4 rings (SSSR count). The molecule has 0 saturated carbocycles. The predicted octanol–water partition coefficient (Wildman–Crippen LogP) is -1.50. The highest BCUT2D eigenvalue weighted by molar-refractivity contribution is 7.66. The molecule has 4 heterocycles. The summed E-state index contributed by atoms with van der Waals surface area (Å²) in [6, 6.07) is 0. The van der Waals surface area contributed by atoms with E-state index in [-0.39, 0.29) is 0 Å². The lowest BCUT2D eigenvalue weighted by molar-refractivity contribution is -0.0486. The molecule has 158 valence electrons. The van der Waals surface area contributed by atoms with E-state index in [0.29, 0.717) is 16.8 Å². The average molecular weight is 450 g/mol. The monoisotopic (exact) mass is 450 g/mol. The molecule has 1 saturated heterocycles. The number of aliphatic hydroxyl groups excluding tert-OH is 2. The van der Waals surface area contributed by atoms with Crippen LogP contribution in [0.25, 0.3) is 16.8 Å². The number of imidazole rings is 2. The molecule has 29 heavy (non-hydrogen) atoms. The fourth-order valence-corrected chi connectivity index (χ4v) is 4.89. The fourth-order valence-electron chi connectivity index (χ4n) is 3.00. The Bertz CT molecular complexity index is 1140. The maximum absolute atomic E-state index is 11.7. The highest BCUT2D eigenvalue weighted by Crippen LogP contribution is 2.49. The second-order valence-corrected chi connectivity index (χ2v) is 9.42. The zero-order valence-electron chi connectivity index (χ0n) is 14.3. The summed E-state index contributed by atoms with van der Waals surface area (Å²) >= 11 is 0. The SMILES string of the molecule is O=P(O)(O)NP(=O)(O)OC[C@H]1O[C@@H](n2cnc3c2ncn2ccnc32)[C@H](O)[C@@H]1O. The number of aliphatic hydroxyl groups is 2. The molecule has 0 amide bonds. The van der Waals surface area contributed by atoms with Gasteiger partial charge < -0.3 is 29.6 Å². The molecule has 0 aromatic carbocycles. The Morgan fingerprint density at radius 2 is 1.86 bits per heavy atom. The fraction of sp³-hybridized carbons (Fsp3) is 0.417. The zero-order valence-corrected chi connectivity index (χ0v) is 16.1. The van der Waals surface area contributed by atoms with Crippen molar-refractivity contribution in [2.24, 2.45) is 0 Å². The topological polar surface area (TPSA) is 214 Å². The van der Waals surface area contributed by atoms with Gasteiger partial charge in [0, 0.05) is 12.4 Å². The lowest BCUT2D eigenvalue weighted by Crippen LogP contribution is -2.34. The molecule has 5 atom stereocenters. The molecular formula is C12H16N6O9P2. The Morgan fingerprint density at radius 1 is 1.10 bits per heavy atom. The number of nitrogens with one attached hydrogen (secondary N) is 1. The van der Waals surface area contributed by atoms with Crippen LogP contribution in [0, 0.1) is 0 Å². The molecule has 17 heteroatoms. The number of ether oxygens (including phenoxy) is 1. The van der Waals surface area contributed by atoms with E-state index >= 15 is 0 Å². The van der Waals surface area contributed by atoms with Gasteiger partial charge >= 0.3 is 15.5 Å². The molecule has 6 N–H and O–H groups in total. The molecule has 1 aliphatic heterocycles. The molecular weight excluding hydrogens is 434 g/mol. The predicted molar refractivity (Wildman–Crippen MR) is 93.2 cm³/mol.